The lowest BCUT2D eigenvalue weighted by Gasteiger charge is -2.17. The van der Waals surface area contributed by atoms with Gasteiger partial charge in [-0.05, 0) is 51.1 Å². The standard InChI is InChI=1S/C28H26N2O6/c1-28(2,3)27(34)36-30-22-16-19(29-23(31)17-35-20-12-8-5-9-13-20)14-15-21(22)24(26(30)33)25(32)18-10-6-4-7-11-18/h4-16,33H,17H2,1-3H3,(H,29,31). The molecule has 36 heavy (non-hydrogen) atoms. The van der Waals surface area contributed by atoms with Gasteiger partial charge in [-0.3, -0.25) is 9.59 Å². The molecule has 0 aliphatic heterocycles. The first-order chi connectivity index (χ1) is 17.1. The quantitative estimate of drug-likeness (QED) is 0.370. The topological polar surface area (TPSA) is 107 Å². The van der Waals surface area contributed by atoms with Gasteiger partial charge in [-0.15, -0.1) is 4.73 Å². The Hall–Kier alpha value is -4.59. The van der Waals surface area contributed by atoms with Crippen LogP contribution in [0.1, 0.15) is 36.7 Å². The van der Waals surface area contributed by atoms with Gasteiger partial charge in [0.1, 0.15) is 5.75 Å². The fourth-order valence-corrected chi connectivity index (χ4v) is 3.46. The van der Waals surface area contributed by atoms with Crippen molar-refractivity contribution in [3.05, 3.63) is 90.0 Å². The fraction of sp³-hybridized carbons (Fsp3) is 0.179. The van der Waals surface area contributed by atoms with Crippen LogP contribution >= 0.6 is 0 Å². The van der Waals surface area contributed by atoms with E-state index in [0.717, 1.165) is 4.73 Å². The molecule has 0 spiro atoms. The Bertz CT molecular complexity index is 1420. The van der Waals surface area contributed by atoms with Gasteiger partial charge in [0.15, 0.2) is 12.4 Å². The van der Waals surface area contributed by atoms with E-state index >= 15 is 0 Å². The van der Waals surface area contributed by atoms with Gasteiger partial charge in [0.25, 0.3) is 5.91 Å². The van der Waals surface area contributed by atoms with Gasteiger partial charge >= 0.3 is 5.97 Å². The number of hydrogen-bond acceptors (Lipinski definition) is 6. The van der Waals surface area contributed by atoms with Crippen LogP contribution in [-0.4, -0.2) is 34.1 Å². The first-order valence-corrected chi connectivity index (χ1v) is 11.3. The number of amides is 1. The van der Waals surface area contributed by atoms with E-state index in [2.05, 4.69) is 5.32 Å². The van der Waals surface area contributed by atoms with Crippen LogP contribution in [0.3, 0.4) is 0 Å². The highest BCUT2D eigenvalue weighted by Crippen LogP contribution is 2.34. The zero-order valence-electron chi connectivity index (χ0n) is 20.1. The number of anilines is 1. The Morgan fingerprint density at radius 2 is 1.56 bits per heavy atom. The molecular formula is C28H26N2O6. The molecule has 8 nitrogen and oxygen atoms in total. The zero-order chi connectivity index (χ0) is 25.9. The van der Waals surface area contributed by atoms with Crippen molar-refractivity contribution in [2.45, 2.75) is 20.8 Å². The summed E-state index contributed by atoms with van der Waals surface area (Å²) >= 11 is 0. The number of aromatic hydroxyl groups is 1. The third-order valence-electron chi connectivity index (χ3n) is 5.35. The molecule has 0 aliphatic rings. The number of benzene rings is 3. The van der Waals surface area contributed by atoms with Crippen molar-refractivity contribution in [3.63, 3.8) is 0 Å². The van der Waals surface area contributed by atoms with E-state index in [4.69, 9.17) is 9.57 Å². The number of aromatic nitrogens is 1. The molecule has 0 bridgehead atoms. The number of fused-ring (bicyclic) bond motifs is 1. The molecule has 0 saturated carbocycles. The largest absolute Gasteiger partial charge is 0.492 e. The molecule has 0 unspecified atom stereocenters. The number of rotatable bonds is 7. The molecule has 0 radical (unpaired) electrons. The molecule has 0 aliphatic carbocycles. The first-order valence-electron chi connectivity index (χ1n) is 11.3. The average Bonchev–Trinajstić information content (AvgIpc) is 3.13. The second kappa shape index (κ2) is 9.95. The summed E-state index contributed by atoms with van der Waals surface area (Å²) in [7, 11) is 0. The molecule has 0 fully saturated rings. The van der Waals surface area contributed by atoms with E-state index in [9.17, 15) is 19.5 Å². The van der Waals surface area contributed by atoms with Crippen molar-refractivity contribution in [1.29, 1.82) is 0 Å². The fourth-order valence-electron chi connectivity index (χ4n) is 3.46. The van der Waals surface area contributed by atoms with E-state index in [-0.39, 0.29) is 17.7 Å². The molecule has 3 aromatic carbocycles. The molecule has 8 heteroatoms. The predicted octanol–water partition coefficient (Wildman–Crippen LogP) is 4.60. The summed E-state index contributed by atoms with van der Waals surface area (Å²) < 4.78 is 6.40. The van der Waals surface area contributed by atoms with E-state index < -0.39 is 29.0 Å². The van der Waals surface area contributed by atoms with Crippen molar-refractivity contribution in [2.75, 3.05) is 11.9 Å². The van der Waals surface area contributed by atoms with E-state index in [1.54, 1.807) is 87.5 Å². The number of nitrogens with one attached hydrogen (secondary N) is 1. The Morgan fingerprint density at radius 3 is 2.19 bits per heavy atom. The number of ketones is 1. The zero-order valence-corrected chi connectivity index (χ0v) is 20.1. The molecule has 184 valence electrons. The van der Waals surface area contributed by atoms with Crippen LogP contribution in [0.4, 0.5) is 5.69 Å². The van der Waals surface area contributed by atoms with Gasteiger partial charge in [0, 0.05) is 16.6 Å². The lowest BCUT2D eigenvalue weighted by molar-refractivity contribution is -0.153. The minimum atomic E-state index is -0.868. The molecule has 2 N–H and O–H groups in total. The van der Waals surface area contributed by atoms with Gasteiger partial charge in [-0.2, -0.15) is 0 Å². The number of para-hydroxylation sites is 1. The highest BCUT2D eigenvalue weighted by atomic mass is 16.7. The monoisotopic (exact) mass is 486 g/mol. The second-order valence-electron chi connectivity index (χ2n) is 9.20. The van der Waals surface area contributed by atoms with Crippen LogP contribution in [0.15, 0.2) is 78.9 Å². The van der Waals surface area contributed by atoms with Gasteiger partial charge in [-0.1, -0.05) is 48.5 Å². The summed E-state index contributed by atoms with van der Waals surface area (Å²) in [6, 6.07) is 22.1. The van der Waals surface area contributed by atoms with Crippen molar-refractivity contribution >= 4 is 34.3 Å². The van der Waals surface area contributed by atoms with E-state index in [1.807, 2.05) is 6.07 Å². The van der Waals surface area contributed by atoms with Gasteiger partial charge in [0.05, 0.1) is 16.5 Å². The maximum absolute atomic E-state index is 13.3. The lowest BCUT2D eigenvalue weighted by Crippen LogP contribution is -2.31. The van der Waals surface area contributed by atoms with E-state index in [0.29, 0.717) is 22.4 Å². The number of carbonyl (C=O) groups excluding carboxylic acids is 3. The highest BCUT2D eigenvalue weighted by Gasteiger charge is 2.30. The van der Waals surface area contributed by atoms with Crippen molar-refractivity contribution in [1.82, 2.24) is 4.73 Å². The Balaban J connectivity index is 1.69. The first kappa shape index (κ1) is 24.5. The minimum absolute atomic E-state index is 0.0109. The normalized spacial score (nSPS) is 11.2. The Labute approximate surface area is 208 Å². The second-order valence-corrected chi connectivity index (χ2v) is 9.20. The van der Waals surface area contributed by atoms with Crippen LogP contribution in [-0.2, 0) is 9.59 Å². The van der Waals surface area contributed by atoms with Crippen molar-refractivity contribution in [2.24, 2.45) is 5.41 Å². The summed E-state index contributed by atoms with van der Waals surface area (Å²) in [6.45, 7) is 4.80. The highest BCUT2D eigenvalue weighted by molar-refractivity contribution is 6.18. The summed E-state index contributed by atoms with van der Waals surface area (Å²) in [5.74, 6) is -1.41. The lowest BCUT2D eigenvalue weighted by atomic mass is 9.98. The third kappa shape index (κ3) is 5.22. The van der Waals surface area contributed by atoms with Gasteiger partial charge in [-0.25, -0.2) is 4.79 Å². The summed E-state index contributed by atoms with van der Waals surface area (Å²) in [4.78, 5) is 43.8. The maximum Gasteiger partial charge on any atom is 0.338 e. The van der Waals surface area contributed by atoms with Crippen LogP contribution < -0.4 is 14.9 Å². The van der Waals surface area contributed by atoms with Gasteiger partial charge < -0.3 is 20.0 Å². The molecule has 4 aromatic rings. The SMILES string of the molecule is CC(C)(C)C(=O)On1c(O)c(C(=O)c2ccccc2)c2ccc(NC(=O)COc3ccccc3)cc21. The number of hydrogen-bond donors (Lipinski definition) is 2. The molecule has 1 aromatic heterocycles. The van der Waals surface area contributed by atoms with Crippen LogP contribution in [0.25, 0.3) is 10.9 Å². The smallest absolute Gasteiger partial charge is 0.338 e. The third-order valence-corrected chi connectivity index (χ3v) is 5.35. The van der Waals surface area contributed by atoms with Gasteiger partial charge in [0.2, 0.25) is 5.88 Å². The Kier molecular flexibility index (Phi) is 6.78. The van der Waals surface area contributed by atoms with E-state index in [1.165, 1.54) is 6.07 Å². The minimum Gasteiger partial charge on any atom is -0.492 e. The van der Waals surface area contributed by atoms with Crippen molar-refractivity contribution < 1.29 is 29.1 Å². The average molecular weight is 487 g/mol. The summed E-state index contributed by atoms with van der Waals surface area (Å²) in [5, 5.41) is 14.1. The molecule has 1 heterocycles. The van der Waals surface area contributed by atoms with Crippen LogP contribution in [0.2, 0.25) is 0 Å². The molecular weight excluding hydrogens is 460 g/mol. The molecule has 1 amide bonds. The van der Waals surface area contributed by atoms with Crippen molar-refractivity contribution in [3.8, 4) is 11.6 Å². The predicted molar refractivity (Wildman–Crippen MR) is 135 cm³/mol. The molecule has 4 rings (SSSR count). The number of nitrogens with zero attached hydrogens (tertiary/aromatic N) is 1. The summed E-state index contributed by atoms with van der Waals surface area (Å²) in [6.07, 6.45) is 0. The van der Waals surface area contributed by atoms with Crippen LogP contribution in [0.5, 0.6) is 11.6 Å². The molecule has 0 saturated heterocycles. The Morgan fingerprint density at radius 1 is 0.917 bits per heavy atom. The van der Waals surface area contributed by atoms with Crippen LogP contribution in [0, 0.1) is 5.41 Å². The maximum atomic E-state index is 13.3. The number of ether oxygens (including phenoxy) is 1. The molecule has 0 atom stereocenters. The summed E-state index contributed by atoms with van der Waals surface area (Å²) in [5.41, 5.74) is 0.0972. The number of carbonyl (C=O) groups is 3.